The van der Waals surface area contributed by atoms with Gasteiger partial charge in [0.1, 0.15) is 17.4 Å². The molecule has 0 atom stereocenters. The molecule has 0 bridgehead atoms. The molecule has 0 saturated heterocycles. The van der Waals surface area contributed by atoms with E-state index in [1.807, 2.05) is 24.3 Å². The number of rotatable bonds is 8. The predicted octanol–water partition coefficient (Wildman–Crippen LogP) is 4.57. The molecule has 0 aliphatic heterocycles. The molecule has 0 aliphatic rings. The van der Waals surface area contributed by atoms with E-state index in [0.717, 1.165) is 16.7 Å². The van der Waals surface area contributed by atoms with Crippen LogP contribution in [0.5, 0.6) is 0 Å². The van der Waals surface area contributed by atoms with E-state index < -0.39 is 5.82 Å². The summed E-state index contributed by atoms with van der Waals surface area (Å²) in [6, 6.07) is 16.0. The van der Waals surface area contributed by atoms with Crippen molar-refractivity contribution < 1.29 is 13.6 Å². The van der Waals surface area contributed by atoms with Gasteiger partial charge < -0.3 is 20.8 Å². The number of aryl methyl sites for hydroxylation is 1. The van der Waals surface area contributed by atoms with E-state index in [4.69, 9.17) is 10.2 Å². The molecule has 0 unspecified atom stereocenters. The van der Waals surface area contributed by atoms with Gasteiger partial charge in [0.2, 0.25) is 5.91 Å². The monoisotopic (exact) mass is 419 g/mol. The van der Waals surface area contributed by atoms with E-state index in [-0.39, 0.29) is 18.0 Å². The number of H-pyrrole nitrogens is 1. The van der Waals surface area contributed by atoms with Gasteiger partial charge in [-0.3, -0.25) is 9.89 Å². The van der Waals surface area contributed by atoms with Crippen LogP contribution in [-0.4, -0.2) is 16.1 Å². The number of benzene rings is 2. The minimum Gasteiger partial charge on any atom is -0.469 e. The Labute approximate surface area is 178 Å². The number of hydrogen-bond donors (Lipinski definition) is 4. The van der Waals surface area contributed by atoms with Crippen molar-refractivity contribution in [3.63, 3.8) is 0 Å². The van der Waals surface area contributed by atoms with Gasteiger partial charge in [-0.1, -0.05) is 24.3 Å². The zero-order valence-corrected chi connectivity index (χ0v) is 16.7. The molecular weight excluding hydrogens is 397 g/mol. The van der Waals surface area contributed by atoms with E-state index in [9.17, 15) is 9.18 Å². The molecule has 0 spiro atoms. The third kappa shape index (κ3) is 5.11. The van der Waals surface area contributed by atoms with E-state index in [1.165, 1.54) is 6.07 Å². The van der Waals surface area contributed by atoms with Crippen molar-refractivity contribution in [1.82, 2.24) is 10.2 Å². The number of nitrogens with zero attached hydrogens (tertiary/aromatic N) is 1. The molecule has 31 heavy (non-hydrogen) atoms. The topological polar surface area (TPSA) is 109 Å². The fraction of sp³-hybridized carbons (Fsp3) is 0.130. The number of carbonyl (C=O) groups is 1. The molecule has 0 aliphatic carbocycles. The molecule has 4 aromatic rings. The molecule has 8 heteroatoms. The molecule has 0 saturated carbocycles. The van der Waals surface area contributed by atoms with Crippen LogP contribution in [0, 0.1) is 5.82 Å². The number of furan rings is 1. The minimum absolute atomic E-state index is 0.139. The summed E-state index contributed by atoms with van der Waals surface area (Å²) in [4.78, 5) is 12.1. The Kier molecular flexibility index (Phi) is 5.98. The second-order valence-electron chi connectivity index (χ2n) is 7.07. The summed E-state index contributed by atoms with van der Waals surface area (Å²) in [7, 11) is 0. The van der Waals surface area contributed by atoms with Crippen molar-refractivity contribution in [1.29, 1.82) is 0 Å². The molecule has 7 nitrogen and oxygen atoms in total. The lowest BCUT2D eigenvalue weighted by molar-refractivity contribution is -0.116. The van der Waals surface area contributed by atoms with Crippen molar-refractivity contribution in [2.75, 3.05) is 16.4 Å². The van der Waals surface area contributed by atoms with E-state index in [0.29, 0.717) is 30.2 Å². The van der Waals surface area contributed by atoms with E-state index >= 15 is 0 Å². The Bertz CT molecular complexity index is 1150. The van der Waals surface area contributed by atoms with Crippen LogP contribution in [0.3, 0.4) is 0 Å². The average molecular weight is 419 g/mol. The Morgan fingerprint density at radius 1 is 1.16 bits per heavy atom. The van der Waals surface area contributed by atoms with Crippen molar-refractivity contribution in [3.05, 3.63) is 84.2 Å². The smallest absolute Gasteiger partial charge is 0.224 e. The Hall–Kier alpha value is -4.07. The van der Waals surface area contributed by atoms with Crippen molar-refractivity contribution in [3.8, 4) is 11.1 Å². The average Bonchev–Trinajstić information content (AvgIpc) is 3.45. The van der Waals surface area contributed by atoms with E-state index in [2.05, 4.69) is 20.8 Å². The van der Waals surface area contributed by atoms with Crippen LogP contribution in [0.2, 0.25) is 0 Å². The summed E-state index contributed by atoms with van der Waals surface area (Å²) in [6.07, 6.45) is 3.91. The number of nitrogens with two attached hydrogens (primary N) is 1. The van der Waals surface area contributed by atoms with Gasteiger partial charge in [-0.25, -0.2) is 4.39 Å². The second kappa shape index (κ2) is 9.17. The Morgan fingerprint density at radius 2 is 2.00 bits per heavy atom. The molecule has 0 fully saturated rings. The quantitative estimate of drug-likeness (QED) is 0.334. The number of carbonyl (C=O) groups excluding carboxylic acids is 1. The normalized spacial score (nSPS) is 10.7. The van der Waals surface area contributed by atoms with Crippen LogP contribution in [0.4, 0.5) is 21.6 Å². The maximum atomic E-state index is 14.1. The van der Waals surface area contributed by atoms with Crippen molar-refractivity contribution in [2.45, 2.75) is 19.4 Å². The summed E-state index contributed by atoms with van der Waals surface area (Å²) < 4.78 is 19.3. The standard InChI is InChI=1S/C23H22FN5O2/c24-20-9-7-17(12-21(20)28-22(30)10-8-18-2-1-11-31-18)26-13-15-3-5-16(6-4-15)19-14-27-29-23(19)25/h1-7,9,11-12,14,26H,8,10,13H2,(H,28,30)(H3,25,27,29). The molecular formula is C23H22FN5O2. The number of aromatic nitrogens is 2. The van der Waals surface area contributed by atoms with Crippen molar-refractivity contribution >= 4 is 23.1 Å². The van der Waals surface area contributed by atoms with Gasteiger partial charge in [0.15, 0.2) is 0 Å². The third-order valence-electron chi connectivity index (χ3n) is 4.85. The van der Waals surface area contributed by atoms with Crippen LogP contribution < -0.4 is 16.4 Å². The number of halogens is 1. The lowest BCUT2D eigenvalue weighted by atomic mass is 10.1. The van der Waals surface area contributed by atoms with Crippen molar-refractivity contribution in [2.24, 2.45) is 0 Å². The summed E-state index contributed by atoms with van der Waals surface area (Å²) in [6.45, 7) is 0.540. The van der Waals surface area contributed by atoms with Crippen LogP contribution in [0.25, 0.3) is 11.1 Å². The van der Waals surface area contributed by atoms with Gasteiger partial charge in [0.25, 0.3) is 0 Å². The molecule has 2 heterocycles. The first-order valence-corrected chi connectivity index (χ1v) is 9.82. The third-order valence-corrected chi connectivity index (χ3v) is 4.85. The highest BCUT2D eigenvalue weighted by atomic mass is 19.1. The molecule has 4 rings (SSSR count). The fourth-order valence-corrected chi connectivity index (χ4v) is 3.17. The van der Waals surface area contributed by atoms with Gasteiger partial charge in [-0.15, -0.1) is 0 Å². The number of hydrogen-bond acceptors (Lipinski definition) is 5. The highest BCUT2D eigenvalue weighted by molar-refractivity contribution is 5.91. The van der Waals surface area contributed by atoms with Crippen LogP contribution in [0.1, 0.15) is 17.7 Å². The first-order chi connectivity index (χ1) is 15.1. The maximum absolute atomic E-state index is 14.1. The number of nitrogen functional groups attached to an aromatic ring is 1. The van der Waals surface area contributed by atoms with Crippen LogP contribution in [-0.2, 0) is 17.8 Å². The maximum Gasteiger partial charge on any atom is 0.224 e. The Balaban J connectivity index is 1.34. The molecule has 158 valence electrons. The number of nitrogens with one attached hydrogen (secondary N) is 3. The predicted molar refractivity (Wildman–Crippen MR) is 118 cm³/mol. The molecule has 5 N–H and O–H groups in total. The van der Waals surface area contributed by atoms with Gasteiger partial charge in [-0.2, -0.15) is 5.10 Å². The summed E-state index contributed by atoms with van der Waals surface area (Å²) in [5, 5.41) is 12.5. The largest absolute Gasteiger partial charge is 0.469 e. The van der Waals surface area contributed by atoms with Crippen LogP contribution in [0.15, 0.2) is 71.5 Å². The van der Waals surface area contributed by atoms with Gasteiger partial charge in [0, 0.05) is 30.6 Å². The zero-order chi connectivity index (χ0) is 21.6. The summed E-state index contributed by atoms with van der Waals surface area (Å²) in [5.74, 6) is 0.476. The lowest BCUT2D eigenvalue weighted by Gasteiger charge is -2.11. The van der Waals surface area contributed by atoms with E-state index in [1.54, 1.807) is 36.7 Å². The lowest BCUT2D eigenvalue weighted by Crippen LogP contribution is -2.13. The number of amides is 1. The highest BCUT2D eigenvalue weighted by Crippen LogP contribution is 2.24. The SMILES string of the molecule is Nc1[nH]ncc1-c1ccc(CNc2ccc(F)c(NC(=O)CCc3ccco3)c2)cc1. The first-order valence-electron chi connectivity index (χ1n) is 9.82. The number of anilines is 3. The molecule has 2 aromatic heterocycles. The summed E-state index contributed by atoms with van der Waals surface area (Å²) >= 11 is 0. The van der Waals surface area contributed by atoms with Crippen LogP contribution >= 0.6 is 0 Å². The molecule has 2 aromatic carbocycles. The van der Waals surface area contributed by atoms with Gasteiger partial charge in [0.05, 0.1) is 18.1 Å². The zero-order valence-electron chi connectivity index (χ0n) is 16.7. The second-order valence-corrected chi connectivity index (χ2v) is 7.07. The van der Waals surface area contributed by atoms with Gasteiger partial charge >= 0.3 is 0 Å². The fourth-order valence-electron chi connectivity index (χ4n) is 3.17. The number of aromatic amines is 1. The highest BCUT2D eigenvalue weighted by Gasteiger charge is 2.10. The Morgan fingerprint density at radius 3 is 2.71 bits per heavy atom. The molecule has 0 radical (unpaired) electrons. The first kappa shape index (κ1) is 20.2. The minimum atomic E-state index is -0.487. The van der Waals surface area contributed by atoms with Gasteiger partial charge in [-0.05, 0) is 41.5 Å². The summed E-state index contributed by atoms with van der Waals surface area (Å²) in [5.41, 5.74) is 9.55. The molecule has 1 amide bonds.